The monoisotopic (exact) mass is 289 g/mol. The molecule has 0 unspecified atom stereocenters. The zero-order valence-electron chi connectivity index (χ0n) is 9.45. The highest BCUT2D eigenvalue weighted by atomic mass is 32.2. The van der Waals surface area contributed by atoms with Gasteiger partial charge in [0, 0.05) is 10.3 Å². The summed E-state index contributed by atoms with van der Waals surface area (Å²) in [5.41, 5.74) is 0. The van der Waals surface area contributed by atoms with Crippen molar-refractivity contribution in [3.63, 3.8) is 0 Å². The van der Waals surface area contributed by atoms with Gasteiger partial charge in [0.1, 0.15) is 0 Å². The minimum atomic E-state index is -3.62. The molecule has 0 fully saturated rings. The number of aliphatic hydroxyl groups excluding tert-OH is 1. The van der Waals surface area contributed by atoms with Crippen molar-refractivity contribution in [2.24, 2.45) is 0 Å². The van der Waals surface area contributed by atoms with Crippen LogP contribution in [0.3, 0.4) is 0 Å². The summed E-state index contributed by atoms with van der Waals surface area (Å²) in [7, 11) is -3.62. The second kappa shape index (κ2) is 5.14. The molecule has 2 rings (SSSR count). The van der Waals surface area contributed by atoms with E-state index in [1.807, 2.05) is 0 Å². The smallest absolute Gasteiger partial charge is 0.241 e. The van der Waals surface area contributed by atoms with Crippen molar-refractivity contribution in [3.05, 3.63) is 28.0 Å². The second-order valence-electron chi connectivity index (χ2n) is 3.47. The molecule has 0 aliphatic carbocycles. The predicted octanol–water partition coefficient (Wildman–Crippen LogP) is 0.410. The molecule has 0 atom stereocenters. The number of aryl methyl sites for hydroxylation is 1. The van der Waals surface area contributed by atoms with Gasteiger partial charge < -0.3 is 9.63 Å². The van der Waals surface area contributed by atoms with Crippen LogP contribution in [0.1, 0.15) is 16.6 Å². The lowest BCUT2D eigenvalue weighted by molar-refractivity contribution is 0.285. The van der Waals surface area contributed by atoms with Gasteiger partial charge in [0.25, 0.3) is 0 Å². The van der Waals surface area contributed by atoms with Gasteiger partial charge in [-0.3, -0.25) is 0 Å². The number of aromatic nitrogens is 2. The van der Waals surface area contributed by atoms with E-state index in [1.54, 1.807) is 6.92 Å². The summed E-state index contributed by atoms with van der Waals surface area (Å²) in [6, 6.07) is 1.42. The highest BCUT2D eigenvalue weighted by molar-refractivity contribution is 7.89. The number of hydrogen-bond acceptors (Lipinski definition) is 7. The normalized spacial score (nSPS) is 11.9. The van der Waals surface area contributed by atoms with Crippen LogP contribution >= 0.6 is 11.3 Å². The number of nitrogens with one attached hydrogen (secondary N) is 1. The van der Waals surface area contributed by atoms with Gasteiger partial charge in [-0.05, 0) is 13.0 Å². The van der Waals surface area contributed by atoms with Crippen LogP contribution in [-0.2, 0) is 23.2 Å². The van der Waals surface area contributed by atoms with Crippen LogP contribution in [-0.4, -0.2) is 23.7 Å². The van der Waals surface area contributed by atoms with E-state index >= 15 is 0 Å². The molecule has 9 heteroatoms. The zero-order valence-corrected chi connectivity index (χ0v) is 11.1. The molecule has 2 heterocycles. The lowest BCUT2D eigenvalue weighted by atomic mass is 10.5. The highest BCUT2D eigenvalue weighted by Crippen LogP contribution is 2.19. The number of nitrogens with zero attached hydrogens (tertiary/aromatic N) is 2. The van der Waals surface area contributed by atoms with Crippen LogP contribution < -0.4 is 4.72 Å². The molecule has 0 aliphatic heterocycles. The quantitative estimate of drug-likeness (QED) is 0.826. The van der Waals surface area contributed by atoms with E-state index in [9.17, 15) is 8.42 Å². The van der Waals surface area contributed by atoms with E-state index in [1.165, 1.54) is 22.8 Å². The van der Waals surface area contributed by atoms with Crippen LogP contribution in [0, 0.1) is 6.92 Å². The lowest BCUT2D eigenvalue weighted by Gasteiger charge is -2.01. The first-order chi connectivity index (χ1) is 8.51. The topological polar surface area (TPSA) is 105 Å². The van der Waals surface area contributed by atoms with Crippen LogP contribution in [0.25, 0.3) is 0 Å². The maximum atomic E-state index is 11.9. The Morgan fingerprint density at radius 3 is 2.89 bits per heavy atom. The second-order valence-corrected chi connectivity index (χ2v) is 6.23. The Balaban J connectivity index is 2.07. The lowest BCUT2D eigenvalue weighted by Crippen LogP contribution is -2.22. The van der Waals surface area contributed by atoms with E-state index in [-0.39, 0.29) is 23.9 Å². The summed E-state index contributed by atoms with van der Waals surface area (Å²) in [5, 5.41) is 13.9. The predicted molar refractivity (Wildman–Crippen MR) is 63.3 cm³/mol. The van der Waals surface area contributed by atoms with Crippen molar-refractivity contribution < 1.29 is 18.0 Å². The Hall–Kier alpha value is -1.29. The van der Waals surface area contributed by atoms with Crippen molar-refractivity contribution in [1.29, 1.82) is 0 Å². The van der Waals surface area contributed by atoms with Gasteiger partial charge >= 0.3 is 0 Å². The molecule has 0 aromatic carbocycles. The first-order valence-electron chi connectivity index (χ1n) is 4.98. The maximum absolute atomic E-state index is 11.9. The molecule has 2 N–H and O–H groups in total. The third-order valence-electron chi connectivity index (χ3n) is 2.08. The molecular weight excluding hydrogens is 278 g/mol. The fourth-order valence-electron chi connectivity index (χ4n) is 1.24. The summed E-state index contributed by atoms with van der Waals surface area (Å²) in [6.07, 6.45) is 0. The number of rotatable bonds is 5. The highest BCUT2D eigenvalue weighted by Gasteiger charge is 2.17. The van der Waals surface area contributed by atoms with E-state index in [0.717, 1.165) is 0 Å². The molecule has 18 heavy (non-hydrogen) atoms. The van der Waals surface area contributed by atoms with Gasteiger partial charge in [-0.2, -0.15) is 4.98 Å². The average Bonchev–Trinajstić information content (AvgIpc) is 2.95. The van der Waals surface area contributed by atoms with Crippen molar-refractivity contribution in [2.75, 3.05) is 0 Å². The number of thiophene rings is 1. The van der Waals surface area contributed by atoms with E-state index in [0.29, 0.717) is 10.7 Å². The maximum Gasteiger partial charge on any atom is 0.241 e. The van der Waals surface area contributed by atoms with Crippen molar-refractivity contribution in [3.8, 4) is 0 Å². The number of aliphatic hydroxyl groups is 1. The molecule has 0 saturated heterocycles. The average molecular weight is 289 g/mol. The summed E-state index contributed by atoms with van der Waals surface area (Å²) in [4.78, 5) is 4.59. The molecule has 98 valence electrons. The van der Waals surface area contributed by atoms with E-state index < -0.39 is 10.0 Å². The first-order valence-corrected chi connectivity index (χ1v) is 7.34. The first kappa shape index (κ1) is 13.1. The molecule has 0 saturated carbocycles. The Morgan fingerprint density at radius 1 is 1.56 bits per heavy atom. The molecule has 0 aliphatic rings. The third kappa shape index (κ3) is 2.93. The molecule has 2 aromatic heterocycles. The third-order valence-corrected chi connectivity index (χ3v) is 4.53. The van der Waals surface area contributed by atoms with E-state index in [2.05, 4.69) is 14.9 Å². The minimum absolute atomic E-state index is 0.0620. The molecule has 0 spiro atoms. The molecule has 7 nitrogen and oxygen atoms in total. The largest absolute Gasteiger partial charge is 0.391 e. The standard InChI is InChI=1S/C9H11N3O4S2/c1-6-11-9(16-12-6)3-10-18(14,15)8-2-7(4-13)17-5-8/h2,5,10,13H,3-4H2,1H3. The van der Waals surface area contributed by atoms with Crippen molar-refractivity contribution in [1.82, 2.24) is 14.9 Å². The van der Waals surface area contributed by atoms with Gasteiger partial charge in [0.15, 0.2) is 5.82 Å². The summed E-state index contributed by atoms with van der Waals surface area (Å²) >= 11 is 1.18. The summed E-state index contributed by atoms with van der Waals surface area (Å²) < 4.78 is 30.9. The minimum Gasteiger partial charge on any atom is -0.391 e. The van der Waals surface area contributed by atoms with Crippen LogP contribution in [0.5, 0.6) is 0 Å². The van der Waals surface area contributed by atoms with Crippen LogP contribution in [0.15, 0.2) is 20.9 Å². The van der Waals surface area contributed by atoms with Gasteiger partial charge in [0.05, 0.1) is 18.0 Å². The van der Waals surface area contributed by atoms with Crippen LogP contribution in [0.4, 0.5) is 0 Å². The van der Waals surface area contributed by atoms with Crippen LogP contribution in [0.2, 0.25) is 0 Å². The Morgan fingerprint density at radius 2 is 2.33 bits per heavy atom. The fraction of sp³-hybridized carbons (Fsp3) is 0.333. The Kier molecular flexibility index (Phi) is 3.76. The molecule has 0 radical (unpaired) electrons. The van der Waals surface area contributed by atoms with Crippen molar-refractivity contribution in [2.45, 2.75) is 25.0 Å². The van der Waals surface area contributed by atoms with Crippen molar-refractivity contribution >= 4 is 21.4 Å². The van der Waals surface area contributed by atoms with Gasteiger partial charge in [-0.25, -0.2) is 13.1 Å². The van der Waals surface area contributed by atoms with Gasteiger partial charge in [0.2, 0.25) is 15.9 Å². The molecule has 0 amide bonds. The Labute approximate surface area is 108 Å². The van der Waals surface area contributed by atoms with E-state index in [4.69, 9.17) is 9.63 Å². The van der Waals surface area contributed by atoms with Gasteiger partial charge in [-0.1, -0.05) is 5.16 Å². The van der Waals surface area contributed by atoms with Gasteiger partial charge in [-0.15, -0.1) is 11.3 Å². The molecule has 2 aromatic rings. The molecule has 0 bridgehead atoms. The number of hydrogen-bond donors (Lipinski definition) is 2. The number of sulfonamides is 1. The molecular formula is C9H11N3O4S2. The fourth-order valence-corrected chi connectivity index (χ4v) is 3.34. The SMILES string of the molecule is Cc1noc(CNS(=O)(=O)c2csc(CO)c2)n1. The Bertz CT molecular complexity index is 632. The summed E-state index contributed by atoms with van der Waals surface area (Å²) in [6.45, 7) is 1.41. The summed E-state index contributed by atoms with van der Waals surface area (Å²) in [5.74, 6) is 0.649. The zero-order chi connectivity index (χ0) is 13.2.